The van der Waals surface area contributed by atoms with Crippen LogP contribution in [0.2, 0.25) is 0 Å². The van der Waals surface area contributed by atoms with E-state index < -0.39 is 0 Å². The molecule has 2 aromatic carbocycles. The number of hydrogen-bond donors (Lipinski definition) is 2. The topological polar surface area (TPSA) is 76.0 Å². The molecule has 2 N–H and O–H groups in total. The summed E-state index contributed by atoms with van der Waals surface area (Å²) >= 11 is 1.37. The molecule has 7 heteroatoms. The molecule has 2 amide bonds. The minimum Gasteiger partial charge on any atom is -0.355 e. The van der Waals surface area contributed by atoms with E-state index in [0.29, 0.717) is 11.3 Å². The largest absolute Gasteiger partial charge is 0.355 e. The molecule has 3 rings (SSSR count). The van der Waals surface area contributed by atoms with Gasteiger partial charge >= 0.3 is 0 Å². The van der Waals surface area contributed by atoms with Crippen molar-refractivity contribution in [1.82, 2.24) is 14.9 Å². The van der Waals surface area contributed by atoms with Crippen LogP contribution in [0.1, 0.15) is 21.5 Å². The van der Waals surface area contributed by atoms with Crippen LogP contribution in [0.25, 0.3) is 5.69 Å². The van der Waals surface area contributed by atoms with E-state index in [2.05, 4.69) is 41.6 Å². The van der Waals surface area contributed by atoms with Gasteiger partial charge in [0, 0.05) is 36.4 Å². The number of benzene rings is 2. The summed E-state index contributed by atoms with van der Waals surface area (Å²) in [7, 11) is 1.58. The van der Waals surface area contributed by atoms with E-state index in [0.717, 1.165) is 10.8 Å². The van der Waals surface area contributed by atoms with Crippen LogP contribution in [-0.4, -0.2) is 34.2 Å². The molecule has 0 atom stereocenters. The van der Waals surface area contributed by atoms with Gasteiger partial charge in [-0.2, -0.15) is 0 Å². The smallest absolute Gasteiger partial charge is 0.251 e. The number of anilines is 1. The maximum atomic E-state index is 12.3. The van der Waals surface area contributed by atoms with Crippen LogP contribution < -0.4 is 10.6 Å². The number of carbonyl (C=O) groups is 2. The Labute approximate surface area is 168 Å². The third-order valence-electron chi connectivity index (χ3n) is 4.37. The molecule has 0 radical (unpaired) electrons. The summed E-state index contributed by atoms with van der Waals surface area (Å²) in [6, 6.07) is 13.0. The van der Waals surface area contributed by atoms with E-state index in [4.69, 9.17) is 0 Å². The zero-order valence-corrected chi connectivity index (χ0v) is 16.8. The Hall–Kier alpha value is -3.06. The Morgan fingerprint density at radius 3 is 2.50 bits per heavy atom. The predicted octanol–water partition coefficient (Wildman–Crippen LogP) is 3.58. The van der Waals surface area contributed by atoms with Crippen molar-refractivity contribution in [1.29, 1.82) is 0 Å². The Morgan fingerprint density at radius 1 is 1.07 bits per heavy atom. The van der Waals surface area contributed by atoms with Crippen molar-refractivity contribution in [3.63, 3.8) is 0 Å². The molecule has 0 aliphatic heterocycles. The fourth-order valence-corrected chi connectivity index (χ4v) is 3.42. The molecule has 144 valence electrons. The van der Waals surface area contributed by atoms with Crippen molar-refractivity contribution >= 4 is 29.3 Å². The molecule has 0 bridgehead atoms. The lowest BCUT2D eigenvalue weighted by molar-refractivity contribution is -0.113. The standard InChI is InChI=1S/C21H22N4O2S/c1-14-4-9-18(12-15(14)2)25-11-10-23-21(25)28-13-19(26)24-17-7-5-16(6-8-17)20(27)22-3/h4-12H,13H2,1-3H3,(H,22,27)(H,24,26). The first kappa shape index (κ1) is 19.7. The van der Waals surface area contributed by atoms with E-state index in [-0.39, 0.29) is 17.6 Å². The molecule has 0 saturated carbocycles. The SMILES string of the molecule is CNC(=O)c1ccc(NC(=O)CSc2nccn2-c2ccc(C)c(C)c2)cc1. The number of aryl methyl sites for hydroxylation is 2. The van der Waals surface area contributed by atoms with Gasteiger partial charge < -0.3 is 10.6 Å². The van der Waals surface area contributed by atoms with Crippen molar-refractivity contribution < 1.29 is 9.59 Å². The lowest BCUT2D eigenvalue weighted by Gasteiger charge is -2.10. The Bertz CT molecular complexity index is 996. The molecule has 1 heterocycles. The molecular weight excluding hydrogens is 372 g/mol. The zero-order valence-electron chi connectivity index (χ0n) is 16.0. The summed E-state index contributed by atoms with van der Waals surface area (Å²) in [5, 5.41) is 6.16. The Balaban J connectivity index is 1.62. The second-order valence-electron chi connectivity index (χ2n) is 6.34. The van der Waals surface area contributed by atoms with Gasteiger partial charge in [-0.25, -0.2) is 4.98 Å². The van der Waals surface area contributed by atoms with E-state index in [1.165, 1.54) is 22.9 Å². The van der Waals surface area contributed by atoms with Crippen molar-refractivity contribution in [2.75, 3.05) is 18.1 Å². The molecular formula is C21H22N4O2S. The normalized spacial score (nSPS) is 10.5. The molecule has 0 aliphatic carbocycles. The van der Waals surface area contributed by atoms with Crippen LogP contribution in [0, 0.1) is 13.8 Å². The van der Waals surface area contributed by atoms with Gasteiger partial charge in [0.05, 0.1) is 5.75 Å². The first-order chi connectivity index (χ1) is 13.5. The summed E-state index contributed by atoms with van der Waals surface area (Å²) in [5.74, 6) is -0.0575. The average molecular weight is 395 g/mol. The highest BCUT2D eigenvalue weighted by Gasteiger charge is 2.10. The molecule has 0 fully saturated rings. The highest BCUT2D eigenvalue weighted by molar-refractivity contribution is 7.99. The number of imidazole rings is 1. The van der Waals surface area contributed by atoms with Crippen LogP contribution in [0.3, 0.4) is 0 Å². The molecule has 0 unspecified atom stereocenters. The number of nitrogens with one attached hydrogen (secondary N) is 2. The summed E-state index contributed by atoms with van der Waals surface area (Å²) in [6.45, 7) is 4.15. The summed E-state index contributed by atoms with van der Waals surface area (Å²) in [6.07, 6.45) is 3.62. The van der Waals surface area contributed by atoms with Gasteiger partial charge in [0.1, 0.15) is 0 Å². The highest BCUT2D eigenvalue weighted by atomic mass is 32.2. The third kappa shape index (κ3) is 4.61. The van der Waals surface area contributed by atoms with Crippen LogP contribution in [0.15, 0.2) is 60.0 Å². The van der Waals surface area contributed by atoms with Crippen LogP contribution >= 0.6 is 11.8 Å². The Kier molecular flexibility index (Phi) is 6.16. The van der Waals surface area contributed by atoms with Crippen molar-refractivity contribution in [3.05, 3.63) is 71.5 Å². The van der Waals surface area contributed by atoms with Gasteiger partial charge in [0.15, 0.2) is 5.16 Å². The number of aromatic nitrogens is 2. The van der Waals surface area contributed by atoms with Gasteiger partial charge in [-0.1, -0.05) is 17.8 Å². The number of amides is 2. The van der Waals surface area contributed by atoms with Gasteiger partial charge in [-0.15, -0.1) is 0 Å². The van der Waals surface area contributed by atoms with Crippen molar-refractivity contribution in [3.8, 4) is 5.69 Å². The molecule has 28 heavy (non-hydrogen) atoms. The summed E-state index contributed by atoms with van der Waals surface area (Å²) in [4.78, 5) is 28.2. The number of rotatable bonds is 6. The lowest BCUT2D eigenvalue weighted by Crippen LogP contribution is -2.18. The van der Waals surface area contributed by atoms with Gasteiger partial charge in [-0.3, -0.25) is 14.2 Å². The monoisotopic (exact) mass is 394 g/mol. The molecule has 6 nitrogen and oxygen atoms in total. The van der Waals surface area contributed by atoms with Gasteiger partial charge in [-0.05, 0) is 61.4 Å². The van der Waals surface area contributed by atoms with E-state index in [1.807, 2.05) is 16.8 Å². The fourth-order valence-electron chi connectivity index (χ4n) is 2.64. The fraction of sp³-hybridized carbons (Fsp3) is 0.190. The second kappa shape index (κ2) is 8.75. The average Bonchev–Trinajstić information content (AvgIpc) is 3.17. The number of nitrogens with zero attached hydrogens (tertiary/aromatic N) is 2. The zero-order chi connectivity index (χ0) is 20.1. The minimum absolute atomic E-state index is 0.132. The summed E-state index contributed by atoms with van der Waals surface area (Å²) in [5.41, 5.74) is 4.66. The van der Waals surface area contributed by atoms with Crippen molar-refractivity contribution in [2.24, 2.45) is 0 Å². The molecule has 0 spiro atoms. The maximum Gasteiger partial charge on any atom is 0.251 e. The first-order valence-corrected chi connectivity index (χ1v) is 9.82. The van der Waals surface area contributed by atoms with E-state index in [9.17, 15) is 9.59 Å². The van der Waals surface area contributed by atoms with Gasteiger partial charge in [0.25, 0.3) is 5.91 Å². The third-order valence-corrected chi connectivity index (χ3v) is 5.33. The lowest BCUT2D eigenvalue weighted by atomic mass is 10.1. The number of hydrogen-bond acceptors (Lipinski definition) is 4. The first-order valence-electron chi connectivity index (χ1n) is 8.83. The predicted molar refractivity (Wildman–Crippen MR) is 112 cm³/mol. The number of carbonyl (C=O) groups excluding carboxylic acids is 2. The van der Waals surface area contributed by atoms with Crippen LogP contribution in [0.4, 0.5) is 5.69 Å². The van der Waals surface area contributed by atoms with E-state index >= 15 is 0 Å². The molecule has 0 saturated heterocycles. The number of thioether (sulfide) groups is 1. The summed E-state index contributed by atoms with van der Waals surface area (Å²) < 4.78 is 1.97. The highest BCUT2D eigenvalue weighted by Crippen LogP contribution is 2.22. The second-order valence-corrected chi connectivity index (χ2v) is 7.28. The van der Waals surface area contributed by atoms with E-state index in [1.54, 1.807) is 37.5 Å². The van der Waals surface area contributed by atoms with Crippen LogP contribution in [-0.2, 0) is 4.79 Å². The Morgan fingerprint density at radius 2 is 1.82 bits per heavy atom. The van der Waals surface area contributed by atoms with Gasteiger partial charge in [0.2, 0.25) is 5.91 Å². The minimum atomic E-state index is -0.161. The van der Waals surface area contributed by atoms with Crippen LogP contribution in [0.5, 0.6) is 0 Å². The maximum absolute atomic E-state index is 12.3. The molecule has 0 aliphatic rings. The van der Waals surface area contributed by atoms with Crippen molar-refractivity contribution in [2.45, 2.75) is 19.0 Å². The quantitative estimate of drug-likeness (QED) is 0.627. The molecule has 1 aromatic heterocycles. The molecule has 3 aromatic rings.